The van der Waals surface area contributed by atoms with Gasteiger partial charge in [0.2, 0.25) is 0 Å². The number of nitrogens with zero attached hydrogens (tertiary/aromatic N) is 4. The minimum atomic E-state index is -1.54. The van der Waals surface area contributed by atoms with E-state index >= 15 is 0 Å². The summed E-state index contributed by atoms with van der Waals surface area (Å²) in [4.78, 5) is 10.4. The Labute approximate surface area is 127 Å². The normalized spacial score (nSPS) is 31.8. The summed E-state index contributed by atoms with van der Waals surface area (Å²) in [6.45, 7) is 1.11. The molecule has 0 radical (unpaired) electrons. The molecule has 0 bridgehead atoms. The Balaban J connectivity index is 2.10. The Morgan fingerprint density at radius 2 is 2.14 bits per heavy atom. The highest BCUT2D eigenvalue weighted by Crippen LogP contribution is 2.40. The number of fused-ring (bicyclic) bond motifs is 1. The summed E-state index contributed by atoms with van der Waals surface area (Å²) in [5.41, 5.74) is -0.947. The van der Waals surface area contributed by atoms with Crippen molar-refractivity contribution >= 4 is 16.9 Å². The monoisotopic (exact) mass is 308 g/mol. The van der Waals surface area contributed by atoms with Crippen molar-refractivity contribution in [3.63, 3.8) is 0 Å². The Bertz CT molecular complexity index is 685. The van der Waals surface area contributed by atoms with Gasteiger partial charge in [0.1, 0.15) is 35.6 Å². The lowest BCUT2D eigenvalue weighted by atomic mass is 9.96. The van der Waals surface area contributed by atoms with Crippen LogP contribution in [0.15, 0.2) is 18.6 Å². The minimum Gasteiger partial charge on any atom is -0.394 e. The molecule has 0 aliphatic carbocycles. The van der Waals surface area contributed by atoms with Gasteiger partial charge in [-0.1, -0.05) is 0 Å². The molecule has 8 nitrogen and oxygen atoms in total. The fraction of sp³-hybridized carbons (Fsp3) is 0.571. The summed E-state index contributed by atoms with van der Waals surface area (Å²) in [5, 5.41) is 30.8. The van der Waals surface area contributed by atoms with Gasteiger partial charge < -0.3 is 29.5 Å². The van der Waals surface area contributed by atoms with Crippen LogP contribution in [-0.4, -0.2) is 68.4 Å². The average molecular weight is 308 g/mol. The van der Waals surface area contributed by atoms with Crippen LogP contribution in [0.25, 0.3) is 11.0 Å². The quantitative estimate of drug-likeness (QED) is 0.702. The van der Waals surface area contributed by atoms with Crippen LogP contribution in [0, 0.1) is 0 Å². The lowest BCUT2D eigenvalue weighted by Gasteiger charge is -2.27. The van der Waals surface area contributed by atoms with E-state index in [1.807, 2.05) is 25.1 Å². The zero-order valence-electron chi connectivity index (χ0n) is 12.7. The first-order valence-corrected chi connectivity index (χ1v) is 7.03. The van der Waals surface area contributed by atoms with Crippen molar-refractivity contribution < 1.29 is 20.1 Å². The fourth-order valence-electron chi connectivity index (χ4n) is 2.89. The zero-order chi connectivity index (χ0) is 16.1. The van der Waals surface area contributed by atoms with E-state index in [0.717, 1.165) is 11.2 Å². The first-order chi connectivity index (χ1) is 10.4. The molecule has 120 valence electrons. The molecule has 0 unspecified atom stereocenters. The predicted octanol–water partition coefficient (Wildman–Crippen LogP) is -0.501. The van der Waals surface area contributed by atoms with E-state index in [1.54, 1.807) is 10.8 Å². The first kappa shape index (κ1) is 15.2. The Kier molecular flexibility index (Phi) is 3.56. The molecule has 4 atom stereocenters. The maximum atomic E-state index is 10.6. The third-order valence-corrected chi connectivity index (χ3v) is 4.10. The highest BCUT2D eigenvalue weighted by molar-refractivity contribution is 5.87. The number of hydrogen-bond donors (Lipinski definition) is 3. The number of ether oxygens (including phenoxy) is 1. The van der Waals surface area contributed by atoms with E-state index in [4.69, 9.17) is 4.74 Å². The predicted molar refractivity (Wildman–Crippen MR) is 79.5 cm³/mol. The summed E-state index contributed by atoms with van der Waals surface area (Å²) in [6, 6.07) is 1.84. The fourth-order valence-corrected chi connectivity index (χ4v) is 2.89. The van der Waals surface area contributed by atoms with Crippen LogP contribution in [0.4, 0.5) is 5.82 Å². The molecule has 0 aromatic carbocycles. The van der Waals surface area contributed by atoms with Crippen LogP contribution in [0.5, 0.6) is 0 Å². The van der Waals surface area contributed by atoms with Crippen molar-refractivity contribution in [2.75, 3.05) is 25.6 Å². The van der Waals surface area contributed by atoms with Crippen LogP contribution in [0.3, 0.4) is 0 Å². The van der Waals surface area contributed by atoms with Gasteiger partial charge in [-0.15, -0.1) is 0 Å². The number of hydrogen-bond acceptors (Lipinski definition) is 7. The smallest absolute Gasteiger partial charge is 0.167 e. The van der Waals surface area contributed by atoms with E-state index in [0.29, 0.717) is 5.65 Å². The number of anilines is 1. The molecule has 2 aromatic rings. The maximum Gasteiger partial charge on any atom is 0.167 e. The number of aromatic nitrogens is 3. The van der Waals surface area contributed by atoms with E-state index < -0.39 is 24.0 Å². The van der Waals surface area contributed by atoms with Crippen molar-refractivity contribution in [1.29, 1.82) is 0 Å². The molecule has 1 aliphatic heterocycles. The number of aliphatic hydroxyl groups is 3. The van der Waals surface area contributed by atoms with Gasteiger partial charge >= 0.3 is 0 Å². The molecule has 3 N–H and O–H groups in total. The lowest BCUT2D eigenvalue weighted by Crippen LogP contribution is -2.44. The lowest BCUT2D eigenvalue weighted by molar-refractivity contribution is -0.0948. The molecule has 3 rings (SSSR count). The topological polar surface area (TPSA) is 104 Å². The molecule has 3 heterocycles. The van der Waals surface area contributed by atoms with Gasteiger partial charge in [-0.25, -0.2) is 9.97 Å². The average Bonchev–Trinajstić information content (AvgIpc) is 2.99. The van der Waals surface area contributed by atoms with E-state index in [-0.39, 0.29) is 6.61 Å². The first-order valence-electron chi connectivity index (χ1n) is 7.03. The second-order valence-corrected chi connectivity index (χ2v) is 5.93. The Morgan fingerprint density at radius 1 is 1.41 bits per heavy atom. The molecule has 1 fully saturated rings. The van der Waals surface area contributed by atoms with Gasteiger partial charge in [0.05, 0.1) is 12.0 Å². The molecular formula is C14H20N4O4. The van der Waals surface area contributed by atoms with Crippen LogP contribution in [0.2, 0.25) is 0 Å². The van der Waals surface area contributed by atoms with E-state index in [9.17, 15) is 15.3 Å². The van der Waals surface area contributed by atoms with E-state index in [1.165, 1.54) is 13.3 Å². The van der Waals surface area contributed by atoms with Gasteiger partial charge in [-0.3, -0.25) is 0 Å². The molecule has 1 saturated heterocycles. The minimum absolute atomic E-state index is 0.370. The van der Waals surface area contributed by atoms with Gasteiger partial charge in [0.25, 0.3) is 0 Å². The van der Waals surface area contributed by atoms with Crippen molar-refractivity contribution in [3.05, 3.63) is 18.6 Å². The summed E-state index contributed by atoms with van der Waals surface area (Å²) in [6.07, 6.45) is 0.306. The number of aliphatic hydroxyl groups excluding tert-OH is 2. The second-order valence-electron chi connectivity index (χ2n) is 5.93. The van der Waals surface area contributed by atoms with Crippen LogP contribution >= 0.6 is 0 Å². The number of rotatable bonds is 3. The van der Waals surface area contributed by atoms with Gasteiger partial charge in [0.15, 0.2) is 6.23 Å². The second kappa shape index (κ2) is 5.17. The molecule has 2 aromatic heterocycles. The van der Waals surface area contributed by atoms with E-state index in [2.05, 4.69) is 9.97 Å². The van der Waals surface area contributed by atoms with Gasteiger partial charge in [0, 0.05) is 20.3 Å². The third-order valence-electron chi connectivity index (χ3n) is 4.10. The van der Waals surface area contributed by atoms with Crippen molar-refractivity contribution in [3.8, 4) is 0 Å². The molecule has 8 heteroatoms. The highest BCUT2D eigenvalue weighted by atomic mass is 16.6. The van der Waals surface area contributed by atoms with Crippen molar-refractivity contribution in [1.82, 2.24) is 14.5 Å². The van der Waals surface area contributed by atoms with Gasteiger partial charge in [-0.2, -0.15) is 0 Å². The molecular weight excluding hydrogens is 288 g/mol. The Morgan fingerprint density at radius 3 is 2.73 bits per heavy atom. The molecule has 0 saturated carbocycles. The highest BCUT2D eigenvalue weighted by Gasteiger charge is 2.53. The molecule has 1 aliphatic rings. The third kappa shape index (κ3) is 2.07. The molecule has 0 spiro atoms. The van der Waals surface area contributed by atoms with Crippen LogP contribution in [0.1, 0.15) is 13.2 Å². The largest absolute Gasteiger partial charge is 0.394 e. The Hall–Kier alpha value is -1.74. The SMILES string of the molecule is CN(C)c1ncnc2c1ccn2[C@@H]1O[C@H](CO)[C@@H](O)[C@@]1(C)O. The molecule has 0 amide bonds. The van der Waals surface area contributed by atoms with Crippen molar-refractivity contribution in [2.24, 2.45) is 0 Å². The van der Waals surface area contributed by atoms with Crippen LogP contribution in [-0.2, 0) is 4.74 Å². The summed E-state index contributed by atoms with van der Waals surface area (Å²) < 4.78 is 7.29. The van der Waals surface area contributed by atoms with Crippen molar-refractivity contribution in [2.45, 2.75) is 31.0 Å². The molecule has 22 heavy (non-hydrogen) atoms. The summed E-state index contributed by atoms with van der Waals surface area (Å²) in [7, 11) is 3.76. The summed E-state index contributed by atoms with van der Waals surface area (Å²) in [5.74, 6) is 0.751. The standard InChI is InChI=1S/C14H20N4O4/c1-14(21)10(20)9(6-19)22-13(14)18-5-4-8-11(17(2)3)15-7-16-12(8)18/h4-5,7,9-10,13,19-21H,6H2,1-3H3/t9-,10-,13-,14-/m1/s1. The summed E-state index contributed by atoms with van der Waals surface area (Å²) >= 11 is 0. The maximum absolute atomic E-state index is 10.6. The van der Waals surface area contributed by atoms with Crippen LogP contribution < -0.4 is 4.90 Å². The van der Waals surface area contributed by atoms with Gasteiger partial charge in [-0.05, 0) is 13.0 Å². The zero-order valence-corrected chi connectivity index (χ0v) is 12.7.